The van der Waals surface area contributed by atoms with Crippen molar-refractivity contribution in [1.29, 1.82) is 0 Å². The molecule has 2 N–H and O–H groups in total. The highest BCUT2D eigenvalue weighted by Gasteiger charge is 2.33. The lowest BCUT2D eigenvalue weighted by molar-refractivity contribution is 0.397. The first-order valence-corrected chi connectivity index (χ1v) is 6.92. The number of guanidine groups is 1. The largest absolute Gasteiger partial charge is 0.357 e. The molecule has 3 atom stereocenters. The van der Waals surface area contributed by atoms with Crippen LogP contribution >= 0.6 is 24.0 Å². The summed E-state index contributed by atoms with van der Waals surface area (Å²) < 4.78 is 0. The van der Waals surface area contributed by atoms with E-state index in [9.17, 15) is 0 Å². The Morgan fingerprint density at radius 3 is 2.67 bits per heavy atom. The fourth-order valence-electron chi connectivity index (χ4n) is 2.41. The summed E-state index contributed by atoms with van der Waals surface area (Å²) in [6.07, 6.45) is 2.58. The van der Waals surface area contributed by atoms with E-state index in [1.165, 1.54) is 25.9 Å². The summed E-state index contributed by atoms with van der Waals surface area (Å²) in [5.41, 5.74) is 0. The van der Waals surface area contributed by atoms with Gasteiger partial charge in [0.1, 0.15) is 0 Å². The lowest BCUT2D eigenvalue weighted by atomic mass is 10.1. The van der Waals surface area contributed by atoms with Gasteiger partial charge in [0, 0.05) is 25.7 Å². The van der Waals surface area contributed by atoms with Crippen LogP contribution in [-0.4, -0.2) is 50.1 Å². The molecule has 18 heavy (non-hydrogen) atoms. The zero-order valence-electron chi connectivity index (χ0n) is 11.8. The Morgan fingerprint density at radius 2 is 2.17 bits per heavy atom. The Morgan fingerprint density at radius 1 is 1.44 bits per heavy atom. The van der Waals surface area contributed by atoms with Crippen LogP contribution in [0.3, 0.4) is 0 Å². The smallest absolute Gasteiger partial charge is 0.191 e. The molecule has 0 aromatic rings. The normalized spacial score (nSPS) is 31.9. The van der Waals surface area contributed by atoms with Crippen LogP contribution in [0.2, 0.25) is 0 Å². The van der Waals surface area contributed by atoms with E-state index in [2.05, 4.69) is 36.4 Å². The van der Waals surface area contributed by atoms with Gasteiger partial charge in [-0.25, -0.2) is 0 Å². The molecule has 3 unspecified atom stereocenters. The summed E-state index contributed by atoms with van der Waals surface area (Å²) in [7, 11) is 2.19. The molecule has 1 saturated carbocycles. The van der Waals surface area contributed by atoms with Crippen LogP contribution in [0.1, 0.15) is 26.7 Å². The topological polar surface area (TPSA) is 39.7 Å². The quantitative estimate of drug-likeness (QED) is 0.450. The predicted octanol–water partition coefficient (Wildman–Crippen LogP) is 1.52. The number of halogens is 1. The van der Waals surface area contributed by atoms with Gasteiger partial charge in [0.15, 0.2) is 5.96 Å². The Hall–Kier alpha value is -0.0400. The molecule has 1 aliphatic heterocycles. The molecule has 0 spiro atoms. The summed E-state index contributed by atoms with van der Waals surface area (Å²) >= 11 is 0. The molecule has 2 fully saturated rings. The van der Waals surface area contributed by atoms with E-state index in [0.29, 0.717) is 6.04 Å². The molecule has 0 aromatic carbocycles. The summed E-state index contributed by atoms with van der Waals surface area (Å²) in [6.45, 7) is 8.73. The number of nitrogens with zero attached hydrogens (tertiary/aromatic N) is 2. The first kappa shape index (κ1) is 16.0. The molecule has 2 aliphatic rings. The zero-order chi connectivity index (χ0) is 12.3. The van der Waals surface area contributed by atoms with Crippen LogP contribution in [0.4, 0.5) is 0 Å². The minimum absolute atomic E-state index is 0. The standard InChI is InChI=1S/C13H26N4.HI/c1-4-14-13(16-12-7-10(12)2)15-8-11-5-6-17(3)9-11;/h10-12H,4-9H2,1-3H3,(H2,14,15,16);1H. The molecule has 2 rings (SSSR count). The number of rotatable bonds is 4. The first-order chi connectivity index (χ1) is 8.19. The van der Waals surface area contributed by atoms with Crippen molar-refractivity contribution in [2.45, 2.75) is 32.7 Å². The lowest BCUT2D eigenvalue weighted by Gasteiger charge is -2.12. The molecule has 0 bridgehead atoms. The summed E-state index contributed by atoms with van der Waals surface area (Å²) in [6, 6.07) is 0.652. The highest BCUT2D eigenvalue weighted by molar-refractivity contribution is 14.0. The van der Waals surface area contributed by atoms with E-state index >= 15 is 0 Å². The van der Waals surface area contributed by atoms with Gasteiger partial charge in [0.05, 0.1) is 0 Å². The molecular weight excluding hydrogens is 339 g/mol. The third kappa shape index (κ3) is 4.91. The monoisotopic (exact) mass is 366 g/mol. The van der Waals surface area contributed by atoms with Gasteiger partial charge in [0.2, 0.25) is 0 Å². The Labute approximate surface area is 128 Å². The van der Waals surface area contributed by atoms with Crippen molar-refractivity contribution in [2.24, 2.45) is 16.8 Å². The van der Waals surface area contributed by atoms with Crippen LogP contribution in [0.25, 0.3) is 0 Å². The second kappa shape index (κ2) is 7.53. The number of likely N-dealkylation sites (tertiary alicyclic amines) is 1. The van der Waals surface area contributed by atoms with Crippen molar-refractivity contribution in [3.8, 4) is 0 Å². The van der Waals surface area contributed by atoms with E-state index in [1.54, 1.807) is 0 Å². The van der Waals surface area contributed by atoms with E-state index in [-0.39, 0.29) is 24.0 Å². The maximum atomic E-state index is 4.71. The van der Waals surface area contributed by atoms with Gasteiger partial charge in [-0.2, -0.15) is 0 Å². The Bertz CT molecular complexity index is 282. The number of hydrogen-bond acceptors (Lipinski definition) is 2. The lowest BCUT2D eigenvalue weighted by Crippen LogP contribution is -2.39. The maximum absolute atomic E-state index is 4.71. The highest BCUT2D eigenvalue weighted by atomic mass is 127. The minimum atomic E-state index is 0. The van der Waals surface area contributed by atoms with Crippen molar-refractivity contribution in [2.75, 3.05) is 33.2 Å². The highest BCUT2D eigenvalue weighted by Crippen LogP contribution is 2.28. The number of hydrogen-bond donors (Lipinski definition) is 2. The van der Waals surface area contributed by atoms with Crippen LogP contribution < -0.4 is 10.6 Å². The molecular formula is C13H27IN4. The van der Waals surface area contributed by atoms with Gasteiger partial charge in [-0.3, -0.25) is 4.99 Å². The van der Waals surface area contributed by atoms with E-state index < -0.39 is 0 Å². The molecule has 1 aliphatic carbocycles. The van der Waals surface area contributed by atoms with E-state index in [4.69, 9.17) is 4.99 Å². The number of nitrogens with one attached hydrogen (secondary N) is 2. The Balaban J connectivity index is 0.00000162. The maximum Gasteiger partial charge on any atom is 0.191 e. The van der Waals surface area contributed by atoms with Crippen LogP contribution in [-0.2, 0) is 0 Å². The third-order valence-electron chi connectivity index (χ3n) is 3.77. The van der Waals surface area contributed by atoms with Gasteiger partial charge in [-0.05, 0) is 45.2 Å². The average Bonchev–Trinajstić information content (AvgIpc) is 2.81. The van der Waals surface area contributed by atoms with Crippen molar-refractivity contribution in [1.82, 2.24) is 15.5 Å². The van der Waals surface area contributed by atoms with Gasteiger partial charge in [0.25, 0.3) is 0 Å². The molecule has 0 radical (unpaired) electrons. The van der Waals surface area contributed by atoms with E-state index in [0.717, 1.165) is 30.9 Å². The molecule has 5 heteroatoms. The van der Waals surface area contributed by atoms with Crippen LogP contribution in [0.15, 0.2) is 4.99 Å². The van der Waals surface area contributed by atoms with Crippen LogP contribution in [0.5, 0.6) is 0 Å². The first-order valence-electron chi connectivity index (χ1n) is 6.92. The molecule has 106 valence electrons. The SMILES string of the molecule is CCNC(=NCC1CCN(C)C1)NC1CC1C.I. The van der Waals surface area contributed by atoms with Gasteiger partial charge < -0.3 is 15.5 Å². The van der Waals surface area contributed by atoms with Crippen molar-refractivity contribution < 1.29 is 0 Å². The average molecular weight is 366 g/mol. The number of aliphatic imine (C=N–C) groups is 1. The minimum Gasteiger partial charge on any atom is -0.357 e. The molecule has 1 heterocycles. The van der Waals surface area contributed by atoms with Crippen molar-refractivity contribution >= 4 is 29.9 Å². The third-order valence-corrected chi connectivity index (χ3v) is 3.77. The summed E-state index contributed by atoms with van der Waals surface area (Å²) in [5.74, 6) is 2.57. The zero-order valence-corrected chi connectivity index (χ0v) is 14.1. The summed E-state index contributed by atoms with van der Waals surface area (Å²) in [4.78, 5) is 7.10. The fourth-order valence-corrected chi connectivity index (χ4v) is 2.41. The second-order valence-electron chi connectivity index (χ2n) is 5.60. The Kier molecular flexibility index (Phi) is 6.70. The molecule has 0 aromatic heterocycles. The predicted molar refractivity (Wildman–Crippen MR) is 87.7 cm³/mol. The molecule has 4 nitrogen and oxygen atoms in total. The van der Waals surface area contributed by atoms with Crippen molar-refractivity contribution in [3.63, 3.8) is 0 Å². The van der Waals surface area contributed by atoms with E-state index in [1.807, 2.05) is 0 Å². The molecule has 0 amide bonds. The summed E-state index contributed by atoms with van der Waals surface area (Å²) in [5, 5.41) is 6.84. The van der Waals surface area contributed by atoms with Gasteiger partial charge >= 0.3 is 0 Å². The van der Waals surface area contributed by atoms with Gasteiger partial charge in [-0.15, -0.1) is 24.0 Å². The molecule has 1 saturated heterocycles. The van der Waals surface area contributed by atoms with Crippen LogP contribution in [0, 0.1) is 11.8 Å². The fraction of sp³-hybridized carbons (Fsp3) is 0.923. The second-order valence-corrected chi connectivity index (χ2v) is 5.60. The van der Waals surface area contributed by atoms with Crippen molar-refractivity contribution in [3.05, 3.63) is 0 Å². The van der Waals surface area contributed by atoms with Gasteiger partial charge in [-0.1, -0.05) is 6.92 Å².